The van der Waals surface area contributed by atoms with Crippen molar-refractivity contribution in [3.8, 4) is 0 Å². The number of nitrogens with one attached hydrogen (secondary N) is 2. The van der Waals surface area contributed by atoms with Crippen LogP contribution in [0.15, 0.2) is 6.20 Å². The monoisotopic (exact) mass is 287 g/mol. The molecule has 0 saturated carbocycles. The maximum atomic E-state index is 10.5. The number of nitrogens with zero attached hydrogens (tertiary/aromatic N) is 2. The maximum absolute atomic E-state index is 10.5. The molecule has 0 saturated heterocycles. The Morgan fingerprint density at radius 3 is 2.95 bits per heavy atom. The summed E-state index contributed by atoms with van der Waals surface area (Å²) in [6, 6.07) is 0. The number of rotatable bonds is 9. The minimum absolute atomic E-state index is 0.0948. The number of aromatic nitrogens is 2. The number of nitrogens with two attached hydrogens (primary N) is 1. The van der Waals surface area contributed by atoms with Crippen molar-refractivity contribution in [1.29, 1.82) is 0 Å². The van der Waals surface area contributed by atoms with Gasteiger partial charge in [-0.15, -0.1) is 0 Å². The molecule has 1 amide bonds. The smallest absolute Gasteiger partial charge is 0.243 e. The third-order valence-electron chi connectivity index (χ3n) is 2.06. The molecule has 0 aliphatic heterocycles. The highest BCUT2D eigenvalue weighted by atomic mass is 35.5. The lowest BCUT2D eigenvalue weighted by Crippen LogP contribution is -2.21. The van der Waals surface area contributed by atoms with Gasteiger partial charge in [0.05, 0.1) is 12.8 Å². The Labute approximate surface area is 116 Å². The average molecular weight is 288 g/mol. The van der Waals surface area contributed by atoms with E-state index >= 15 is 0 Å². The van der Waals surface area contributed by atoms with Crippen molar-refractivity contribution in [3.05, 3.63) is 11.2 Å². The van der Waals surface area contributed by atoms with Crippen molar-refractivity contribution in [3.63, 3.8) is 0 Å². The fourth-order valence-electron chi connectivity index (χ4n) is 1.23. The highest BCUT2D eigenvalue weighted by molar-refractivity contribution is 6.32. The van der Waals surface area contributed by atoms with E-state index in [2.05, 4.69) is 27.5 Å². The van der Waals surface area contributed by atoms with Crippen LogP contribution in [0.1, 0.15) is 13.3 Å². The second-order valence-electron chi connectivity index (χ2n) is 3.76. The van der Waals surface area contributed by atoms with Crippen molar-refractivity contribution in [2.45, 2.75) is 13.3 Å². The van der Waals surface area contributed by atoms with E-state index < -0.39 is 5.91 Å². The van der Waals surface area contributed by atoms with Crippen LogP contribution in [0.3, 0.4) is 0 Å². The second kappa shape index (κ2) is 8.49. The molecule has 0 atom stereocenters. The van der Waals surface area contributed by atoms with Gasteiger partial charge in [0, 0.05) is 13.1 Å². The van der Waals surface area contributed by atoms with E-state index in [0.29, 0.717) is 29.9 Å². The summed E-state index contributed by atoms with van der Waals surface area (Å²) in [5.41, 5.74) is 4.94. The largest absolute Gasteiger partial charge is 0.370 e. The number of anilines is 2. The molecule has 8 heteroatoms. The van der Waals surface area contributed by atoms with Gasteiger partial charge in [-0.3, -0.25) is 4.79 Å². The van der Waals surface area contributed by atoms with E-state index in [0.717, 1.165) is 13.0 Å². The van der Waals surface area contributed by atoms with Crippen molar-refractivity contribution >= 4 is 29.3 Å². The fourth-order valence-corrected chi connectivity index (χ4v) is 1.39. The number of carbonyl (C=O) groups excluding carboxylic acids is 1. The second-order valence-corrected chi connectivity index (χ2v) is 4.17. The van der Waals surface area contributed by atoms with E-state index in [9.17, 15) is 4.79 Å². The lowest BCUT2D eigenvalue weighted by Gasteiger charge is -2.09. The van der Waals surface area contributed by atoms with E-state index in [1.807, 2.05) is 0 Å². The predicted molar refractivity (Wildman–Crippen MR) is 74.3 cm³/mol. The summed E-state index contributed by atoms with van der Waals surface area (Å²) in [6.45, 7) is 3.56. The standard InChI is InChI=1S/C11H18ClN5O2/c1-2-3-15-11-16-6-8(12)10(17-11)14-4-5-19-7-9(13)18/h6H,2-5,7H2,1H3,(H2,13,18)(H2,14,15,16,17). The SMILES string of the molecule is CCCNc1ncc(Cl)c(NCCOCC(N)=O)n1. The van der Waals surface area contributed by atoms with Crippen molar-refractivity contribution in [1.82, 2.24) is 9.97 Å². The van der Waals surface area contributed by atoms with Gasteiger partial charge in [-0.05, 0) is 6.42 Å². The van der Waals surface area contributed by atoms with Crippen LogP contribution in [0, 0.1) is 0 Å². The maximum Gasteiger partial charge on any atom is 0.243 e. The van der Waals surface area contributed by atoms with Crippen LogP contribution in [0.25, 0.3) is 0 Å². The highest BCUT2D eigenvalue weighted by Gasteiger charge is 2.04. The van der Waals surface area contributed by atoms with Gasteiger partial charge in [-0.1, -0.05) is 18.5 Å². The zero-order chi connectivity index (χ0) is 14.1. The summed E-state index contributed by atoms with van der Waals surface area (Å²) in [4.78, 5) is 18.7. The Hall–Kier alpha value is -1.60. The predicted octanol–water partition coefficient (Wildman–Crippen LogP) is 0.866. The zero-order valence-corrected chi connectivity index (χ0v) is 11.5. The summed E-state index contributed by atoms with van der Waals surface area (Å²) in [6.07, 6.45) is 2.51. The number of halogens is 1. The highest BCUT2D eigenvalue weighted by Crippen LogP contribution is 2.18. The first kappa shape index (κ1) is 15.5. The van der Waals surface area contributed by atoms with Gasteiger partial charge in [-0.25, -0.2) is 4.98 Å². The van der Waals surface area contributed by atoms with Gasteiger partial charge >= 0.3 is 0 Å². The fraction of sp³-hybridized carbons (Fsp3) is 0.545. The van der Waals surface area contributed by atoms with Crippen LogP contribution < -0.4 is 16.4 Å². The zero-order valence-electron chi connectivity index (χ0n) is 10.8. The number of carbonyl (C=O) groups is 1. The summed E-state index contributed by atoms with van der Waals surface area (Å²) in [7, 11) is 0. The molecular formula is C11H18ClN5O2. The van der Waals surface area contributed by atoms with E-state index in [1.165, 1.54) is 6.20 Å². The van der Waals surface area contributed by atoms with Gasteiger partial charge in [0.25, 0.3) is 0 Å². The molecule has 106 valence electrons. The average Bonchev–Trinajstić information content (AvgIpc) is 2.38. The molecule has 0 aliphatic carbocycles. The molecule has 7 nitrogen and oxygen atoms in total. The Bertz CT molecular complexity index is 416. The van der Waals surface area contributed by atoms with E-state index in [1.54, 1.807) is 0 Å². The minimum Gasteiger partial charge on any atom is -0.370 e. The molecule has 1 heterocycles. The number of amides is 1. The van der Waals surface area contributed by atoms with Crippen LogP contribution in [0.2, 0.25) is 5.02 Å². The molecule has 0 fully saturated rings. The third kappa shape index (κ3) is 6.21. The molecule has 1 aromatic heterocycles. The van der Waals surface area contributed by atoms with E-state index in [4.69, 9.17) is 22.1 Å². The number of hydrogen-bond acceptors (Lipinski definition) is 6. The van der Waals surface area contributed by atoms with Crippen LogP contribution in [-0.4, -0.2) is 42.2 Å². The molecule has 1 aromatic rings. The first-order valence-corrected chi connectivity index (χ1v) is 6.37. The van der Waals surface area contributed by atoms with Crippen LogP contribution in [-0.2, 0) is 9.53 Å². The molecule has 19 heavy (non-hydrogen) atoms. The van der Waals surface area contributed by atoms with Gasteiger partial charge in [-0.2, -0.15) is 4.98 Å². The Morgan fingerprint density at radius 1 is 1.47 bits per heavy atom. The minimum atomic E-state index is -0.494. The number of hydrogen-bond donors (Lipinski definition) is 3. The Morgan fingerprint density at radius 2 is 2.26 bits per heavy atom. The van der Waals surface area contributed by atoms with Crippen LogP contribution >= 0.6 is 11.6 Å². The third-order valence-corrected chi connectivity index (χ3v) is 2.34. The molecule has 0 aliphatic rings. The number of ether oxygens (including phenoxy) is 1. The first-order chi connectivity index (χ1) is 9.13. The summed E-state index contributed by atoms with van der Waals surface area (Å²) in [5, 5.41) is 6.50. The Balaban J connectivity index is 2.41. The quantitative estimate of drug-likeness (QED) is 0.582. The van der Waals surface area contributed by atoms with Gasteiger partial charge < -0.3 is 21.1 Å². The molecule has 4 N–H and O–H groups in total. The van der Waals surface area contributed by atoms with Crippen LogP contribution in [0.5, 0.6) is 0 Å². The number of primary amides is 1. The topological polar surface area (TPSA) is 102 Å². The molecular weight excluding hydrogens is 270 g/mol. The molecule has 0 unspecified atom stereocenters. The van der Waals surface area contributed by atoms with Gasteiger partial charge in [0.1, 0.15) is 11.6 Å². The summed E-state index contributed by atoms with van der Waals surface area (Å²) in [5.74, 6) is 0.552. The van der Waals surface area contributed by atoms with Crippen molar-refractivity contribution in [2.24, 2.45) is 5.73 Å². The molecule has 0 aromatic carbocycles. The van der Waals surface area contributed by atoms with E-state index in [-0.39, 0.29) is 6.61 Å². The lowest BCUT2D eigenvalue weighted by atomic mass is 10.5. The summed E-state index contributed by atoms with van der Waals surface area (Å²) < 4.78 is 5.01. The van der Waals surface area contributed by atoms with Gasteiger partial charge in [0.2, 0.25) is 11.9 Å². The molecule has 0 radical (unpaired) electrons. The Kier molecular flexibility index (Phi) is 6.91. The lowest BCUT2D eigenvalue weighted by molar-refractivity contribution is -0.122. The summed E-state index contributed by atoms with van der Waals surface area (Å²) >= 11 is 5.96. The molecule has 0 spiro atoms. The van der Waals surface area contributed by atoms with Crippen molar-refractivity contribution in [2.75, 3.05) is 36.9 Å². The first-order valence-electron chi connectivity index (χ1n) is 5.99. The molecule has 0 bridgehead atoms. The van der Waals surface area contributed by atoms with Crippen molar-refractivity contribution < 1.29 is 9.53 Å². The van der Waals surface area contributed by atoms with Crippen LogP contribution in [0.4, 0.5) is 11.8 Å². The normalized spacial score (nSPS) is 10.2. The van der Waals surface area contributed by atoms with Gasteiger partial charge in [0.15, 0.2) is 5.82 Å². The molecule has 1 rings (SSSR count).